The highest BCUT2D eigenvalue weighted by molar-refractivity contribution is 7.70. The fourth-order valence-electron chi connectivity index (χ4n) is 5.66. The third kappa shape index (κ3) is 13.8. The third-order valence-electron chi connectivity index (χ3n) is 8.40. The number of aromatic nitrogens is 4. The molecule has 1 saturated heterocycles. The predicted molar refractivity (Wildman–Crippen MR) is 189 cm³/mol. The molecule has 0 aromatic carbocycles. The molecule has 0 spiro atoms. The smallest absolute Gasteiger partial charge is 0.340 e. The fraction of sp³-hybridized carbons (Fsp3) is 0.733. The summed E-state index contributed by atoms with van der Waals surface area (Å²) >= 11 is 6.23. The van der Waals surface area contributed by atoms with E-state index in [2.05, 4.69) is 32.3 Å². The maximum absolute atomic E-state index is 12.8. The van der Waals surface area contributed by atoms with E-state index in [9.17, 15) is 29.0 Å². The molecule has 53 heavy (non-hydrogen) atoms. The van der Waals surface area contributed by atoms with Crippen molar-refractivity contribution >= 4 is 49.6 Å². The van der Waals surface area contributed by atoms with E-state index in [-0.39, 0.29) is 28.8 Å². The molecule has 1 amide bonds. The second-order valence-corrected chi connectivity index (χ2v) is 17.1. The molecule has 2 aromatic rings. The number of carbonyl (C=O) groups excluding carboxylic acids is 1. The Kier molecular flexibility index (Phi) is 17.0. The Hall–Kier alpha value is -2.13. The lowest BCUT2D eigenvalue weighted by Gasteiger charge is -2.18. The number of ether oxygens (including phenoxy) is 5. The van der Waals surface area contributed by atoms with Crippen molar-refractivity contribution in [1.82, 2.24) is 25.1 Å². The van der Waals surface area contributed by atoms with Crippen LogP contribution in [0.2, 0.25) is 5.28 Å². The molecule has 2 aromatic heterocycles. The van der Waals surface area contributed by atoms with Crippen molar-refractivity contribution < 1.29 is 67.0 Å². The van der Waals surface area contributed by atoms with E-state index in [1.807, 2.05) is 13.0 Å². The molecule has 1 aliphatic heterocycles. The Balaban J connectivity index is 1.17. The topological polar surface area (TPSA) is 275 Å². The number of carbonyl (C=O) groups is 1. The first-order valence-corrected chi connectivity index (χ1v) is 21.0. The zero-order chi connectivity index (χ0) is 38.6. The predicted octanol–water partition coefficient (Wildman–Crippen LogP) is 1.02. The molecule has 2 aliphatic rings. The van der Waals surface area contributed by atoms with Crippen LogP contribution >= 0.6 is 26.8 Å². The Morgan fingerprint density at radius 2 is 1.72 bits per heavy atom. The van der Waals surface area contributed by atoms with Gasteiger partial charge in [0, 0.05) is 18.5 Å². The summed E-state index contributed by atoms with van der Waals surface area (Å²) in [7, 11) is -9.61. The number of aliphatic hydroxyl groups excluding tert-OH is 2. The average Bonchev–Trinajstić information content (AvgIpc) is 3.80. The first-order valence-electron chi connectivity index (χ1n) is 17.1. The van der Waals surface area contributed by atoms with Gasteiger partial charge in [0.2, 0.25) is 11.2 Å². The van der Waals surface area contributed by atoms with Crippen molar-refractivity contribution in [2.45, 2.75) is 56.8 Å². The molecule has 300 valence electrons. The second kappa shape index (κ2) is 20.7. The summed E-state index contributed by atoms with van der Waals surface area (Å²) in [5, 5.41) is 31.9. The van der Waals surface area contributed by atoms with Crippen molar-refractivity contribution in [2.24, 2.45) is 11.8 Å². The minimum atomic E-state index is -4.87. The van der Waals surface area contributed by atoms with Crippen LogP contribution in [-0.4, -0.2) is 147 Å². The van der Waals surface area contributed by atoms with E-state index in [4.69, 9.17) is 49.6 Å². The van der Waals surface area contributed by atoms with Crippen molar-refractivity contribution in [3.63, 3.8) is 0 Å². The number of fused-ring (bicyclic) bond motifs is 1. The minimum absolute atomic E-state index is 0.0864. The van der Waals surface area contributed by atoms with Gasteiger partial charge >= 0.3 is 15.2 Å². The number of hydrogen-bond donors (Lipinski definition) is 7. The minimum Gasteiger partial charge on any atom is -0.387 e. The zero-order valence-corrected chi connectivity index (χ0v) is 31.8. The van der Waals surface area contributed by atoms with Crippen LogP contribution < -0.4 is 10.6 Å². The second-order valence-electron chi connectivity index (χ2n) is 12.7. The highest BCUT2D eigenvalue weighted by atomic mass is 35.5. The number of hydrogen-bond acceptors (Lipinski definition) is 15. The molecule has 20 nitrogen and oxygen atoms in total. The first-order chi connectivity index (χ1) is 25.2. The van der Waals surface area contributed by atoms with Gasteiger partial charge in [-0.25, -0.2) is 4.68 Å². The summed E-state index contributed by atoms with van der Waals surface area (Å²) < 4.78 is 56.7. The Morgan fingerprint density at radius 3 is 2.38 bits per heavy atom. The third-order valence-corrected chi connectivity index (χ3v) is 12.0. The molecule has 7 N–H and O–H groups in total. The van der Waals surface area contributed by atoms with Crippen molar-refractivity contribution in [3.05, 3.63) is 24.1 Å². The van der Waals surface area contributed by atoms with Crippen LogP contribution in [-0.2, 0) is 42.1 Å². The van der Waals surface area contributed by atoms with E-state index >= 15 is 0 Å². The van der Waals surface area contributed by atoms with E-state index < -0.39 is 52.2 Å². The van der Waals surface area contributed by atoms with Gasteiger partial charge in [0.25, 0.3) is 0 Å². The molecule has 2 fully saturated rings. The summed E-state index contributed by atoms with van der Waals surface area (Å²) in [6.45, 7) is 9.01. The SMILES string of the molecule is C=CC(C)COCCOCCOCCOCCNC(=O)C1CC[C@H](Nc2nc(Cl)nc3c2cnn3[C@@H]2O[C@H](COP(=O)(O)CP(=O)(O)O)[C@@H](O)[C@H]2O)C1. The summed E-state index contributed by atoms with van der Waals surface area (Å²) in [6.07, 6.45) is -0.819. The van der Waals surface area contributed by atoms with Crippen LogP contribution in [0.4, 0.5) is 5.82 Å². The quantitative estimate of drug-likeness (QED) is 0.0337. The number of aliphatic hydroxyl groups is 2. The summed E-state index contributed by atoms with van der Waals surface area (Å²) in [6, 6.07) is -0.131. The maximum atomic E-state index is 12.8. The van der Waals surface area contributed by atoms with Crippen LogP contribution in [0, 0.1) is 11.8 Å². The van der Waals surface area contributed by atoms with Crippen LogP contribution in [0.5, 0.6) is 0 Å². The number of anilines is 1. The molecule has 1 aliphatic carbocycles. The summed E-state index contributed by atoms with van der Waals surface area (Å²) in [4.78, 5) is 49.1. The van der Waals surface area contributed by atoms with Crippen molar-refractivity contribution in [1.29, 1.82) is 0 Å². The number of nitrogens with one attached hydrogen (secondary N) is 2. The van der Waals surface area contributed by atoms with Crippen LogP contribution in [0.1, 0.15) is 32.4 Å². The largest absolute Gasteiger partial charge is 0.387 e. The molecular formula is C30H49ClN6O14P2. The number of amides is 1. The van der Waals surface area contributed by atoms with E-state index in [1.165, 1.54) is 6.20 Å². The van der Waals surface area contributed by atoms with Gasteiger partial charge in [-0.1, -0.05) is 13.0 Å². The molecule has 0 radical (unpaired) electrons. The molecule has 3 heterocycles. The monoisotopic (exact) mass is 814 g/mol. The van der Waals surface area contributed by atoms with E-state index in [0.29, 0.717) is 95.8 Å². The summed E-state index contributed by atoms with van der Waals surface area (Å²) in [5.74, 6) is -1.11. The molecule has 4 rings (SSSR count). The van der Waals surface area contributed by atoms with Crippen LogP contribution in [0.3, 0.4) is 0 Å². The van der Waals surface area contributed by atoms with E-state index in [1.54, 1.807) is 0 Å². The van der Waals surface area contributed by atoms with Crippen molar-refractivity contribution in [2.75, 3.05) is 77.2 Å². The molecule has 8 atom stereocenters. The van der Waals surface area contributed by atoms with Gasteiger partial charge in [-0.2, -0.15) is 15.1 Å². The number of nitrogens with zero attached hydrogens (tertiary/aromatic N) is 4. The molecule has 0 bridgehead atoms. The van der Waals surface area contributed by atoms with Gasteiger partial charge in [0.1, 0.15) is 24.1 Å². The Labute approximate surface area is 311 Å². The lowest BCUT2D eigenvalue weighted by molar-refractivity contribution is -0.125. The maximum Gasteiger partial charge on any atom is 0.340 e. The van der Waals surface area contributed by atoms with Crippen LogP contribution in [0.15, 0.2) is 18.9 Å². The molecule has 1 saturated carbocycles. The highest BCUT2D eigenvalue weighted by Crippen LogP contribution is 2.55. The zero-order valence-electron chi connectivity index (χ0n) is 29.3. The lowest BCUT2D eigenvalue weighted by Crippen LogP contribution is -2.33. The van der Waals surface area contributed by atoms with Gasteiger partial charge in [0.05, 0.1) is 71.0 Å². The van der Waals surface area contributed by atoms with E-state index in [0.717, 1.165) is 4.68 Å². The Morgan fingerprint density at radius 1 is 1.06 bits per heavy atom. The highest BCUT2D eigenvalue weighted by Gasteiger charge is 2.46. The summed E-state index contributed by atoms with van der Waals surface area (Å²) in [5.41, 5.74) is 0.140. The normalized spacial score (nSPS) is 25.0. The fourth-order valence-corrected chi connectivity index (χ4v) is 8.39. The molecule has 23 heteroatoms. The lowest BCUT2D eigenvalue weighted by atomic mass is 10.1. The number of halogens is 1. The van der Waals surface area contributed by atoms with Crippen LogP contribution in [0.25, 0.3) is 11.0 Å². The average molecular weight is 815 g/mol. The Bertz CT molecular complexity index is 1590. The van der Waals surface area contributed by atoms with Gasteiger partial charge < -0.3 is 63.7 Å². The molecular weight excluding hydrogens is 766 g/mol. The van der Waals surface area contributed by atoms with Gasteiger partial charge in [-0.15, -0.1) is 6.58 Å². The number of rotatable bonds is 24. The molecule has 3 unspecified atom stereocenters. The van der Waals surface area contributed by atoms with Crippen molar-refractivity contribution in [3.8, 4) is 0 Å². The first kappa shape index (κ1) is 43.6. The van der Waals surface area contributed by atoms with Gasteiger partial charge in [-0.05, 0) is 36.8 Å². The van der Waals surface area contributed by atoms with Gasteiger partial charge in [-0.3, -0.25) is 13.9 Å². The standard InChI is InChI=1S/C30H49ClN6O14P2/c1-3-19(2)16-49-13-12-48-11-10-47-9-8-46-7-6-32-28(40)20-4-5-21(14-20)34-26-22-15-33-37(27(22)36-30(31)35-26)29-25(39)24(38)23(51-29)17-50-53(44,45)18-52(41,42)43/h3,15,19-21,23-25,29,38-39H,1,4-14,16-18H2,2H3,(H,32,40)(H,44,45)(H,34,35,36)(H2,41,42,43)/t19?,20?,21-,23+,24+,25+,29+/m0/s1. The van der Waals surface area contributed by atoms with Gasteiger partial charge in [0.15, 0.2) is 17.8 Å².